The quantitative estimate of drug-likeness (QED) is 0.142. The van der Waals surface area contributed by atoms with Crippen molar-refractivity contribution in [1.82, 2.24) is 34.6 Å². The van der Waals surface area contributed by atoms with E-state index in [2.05, 4.69) is 20.1 Å². The van der Waals surface area contributed by atoms with E-state index >= 15 is 8.78 Å². The van der Waals surface area contributed by atoms with Crippen LogP contribution in [0, 0.1) is 11.3 Å². The molecule has 1 aromatic carbocycles. The maximum Gasteiger partial charge on any atom is 0.338 e. The van der Waals surface area contributed by atoms with Gasteiger partial charge in [-0.3, -0.25) is 9.59 Å². The number of fused-ring (bicyclic) bond motifs is 2. The highest BCUT2D eigenvalue weighted by Gasteiger charge is 2.50. The summed E-state index contributed by atoms with van der Waals surface area (Å²) in [4.78, 5) is 64.0. The van der Waals surface area contributed by atoms with E-state index in [0.29, 0.717) is 6.92 Å². The number of nitrogens with zero attached hydrogens (tertiary/aromatic N) is 5. The number of methoxy groups -OCH3 is 1. The molecule has 288 valence electrons. The zero-order valence-corrected chi connectivity index (χ0v) is 30.9. The molecule has 19 heteroatoms. The summed E-state index contributed by atoms with van der Waals surface area (Å²) >= 11 is -1.96. The predicted molar refractivity (Wildman–Crippen MR) is 182 cm³/mol. The number of carbonyl (C=O) groups excluding carboxylic acids is 4. The molecule has 4 atom stereocenters. The van der Waals surface area contributed by atoms with Gasteiger partial charge in [-0.25, -0.2) is 36.7 Å². The Labute approximate surface area is 305 Å². The number of alkyl halides is 4. The molecule has 2 N–H and O–H groups in total. The number of imide groups is 1. The second kappa shape index (κ2) is 14.5. The summed E-state index contributed by atoms with van der Waals surface area (Å²) in [5, 5.41) is 6.76. The first-order valence-electron chi connectivity index (χ1n) is 16.6. The highest BCUT2D eigenvalue weighted by atomic mass is 32.2. The van der Waals surface area contributed by atoms with Crippen LogP contribution in [-0.2, 0) is 25.7 Å². The van der Waals surface area contributed by atoms with Crippen molar-refractivity contribution in [3.8, 4) is 0 Å². The third-order valence-corrected chi connectivity index (χ3v) is 10.9. The number of carbonyl (C=O) groups is 4. The lowest BCUT2D eigenvalue weighted by molar-refractivity contribution is -0.179. The number of rotatable bonds is 13. The molecule has 0 spiro atoms. The Kier molecular flexibility index (Phi) is 10.9. The van der Waals surface area contributed by atoms with Crippen molar-refractivity contribution in [3.05, 3.63) is 65.1 Å². The summed E-state index contributed by atoms with van der Waals surface area (Å²) < 4.78 is 80.9. The van der Waals surface area contributed by atoms with E-state index in [4.69, 9.17) is 9.57 Å². The molecule has 2 aliphatic rings. The van der Waals surface area contributed by atoms with Gasteiger partial charge in [0.25, 0.3) is 17.7 Å². The molecule has 0 radical (unpaired) electrons. The highest BCUT2D eigenvalue weighted by molar-refractivity contribution is 7.90. The number of amides is 4. The first kappa shape index (κ1) is 39.9. The smallest absolute Gasteiger partial charge is 0.338 e. The summed E-state index contributed by atoms with van der Waals surface area (Å²) in [5.41, 5.74) is -1.62. The molecule has 0 saturated carbocycles. The minimum absolute atomic E-state index is 0.0164. The van der Waals surface area contributed by atoms with Gasteiger partial charge in [0.05, 0.1) is 60.9 Å². The molecule has 4 unspecified atom stereocenters. The maximum absolute atomic E-state index is 15.1. The molecule has 1 fully saturated rings. The average molecular weight is 768 g/mol. The number of benzene rings is 1. The van der Waals surface area contributed by atoms with E-state index < -0.39 is 94.7 Å². The summed E-state index contributed by atoms with van der Waals surface area (Å²) in [6.07, 6.45) is 2.05. The summed E-state index contributed by atoms with van der Waals surface area (Å²) in [6.45, 7) is 6.13. The number of hydrogen-bond donors (Lipinski definition) is 2. The second-order valence-electron chi connectivity index (χ2n) is 14.8. The number of ether oxygens (including phenoxy) is 1. The highest BCUT2D eigenvalue weighted by Crippen LogP contribution is 2.44. The topological polar surface area (TPSA) is 171 Å². The van der Waals surface area contributed by atoms with Crippen molar-refractivity contribution in [3.63, 3.8) is 0 Å². The lowest BCUT2D eigenvalue weighted by atomic mass is 9.75. The first-order chi connectivity index (χ1) is 24.5. The predicted octanol–water partition coefficient (Wildman–Crippen LogP) is 4.61. The van der Waals surface area contributed by atoms with E-state index in [1.54, 1.807) is 20.8 Å². The molecule has 53 heavy (non-hydrogen) atoms. The Bertz CT molecular complexity index is 1860. The van der Waals surface area contributed by atoms with E-state index in [-0.39, 0.29) is 39.7 Å². The van der Waals surface area contributed by atoms with Crippen molar-refractivity contribution in [2.24, 2.45) is 11.3 Å². The zero-order valence-electron chi connectivity index (χ0n) is 30.1. The maximum atomic E-state index is 15.1. The lowest BCUT2D eigenvalue weighted by Crippen LogP contribution is -2.58. The Morgan fingerprint density at radius 3 is 2.28 bits per heavy atom. The molecule has 14 nitrogen and oxygen atoms in total. The van der Waals surface area contributed by atoms with Crippen LogP contribution < -0.4 is 10.0 Å². The minimum Gasteiger partial charge on any atom is -0.598 e. The fraction of sp³-hybridized carbons (Fsp3) is 0.529. The normalized spacial score (nSPS) is 18.8. The second-order valence-corrected chi connectivity index (χ2v) is 16.8. The van der Waals surface area contributed by atoms with Crippen LogP contribution in [0.1, 0.15) is 92.0 Å². The molecular weight excluding hydrogens is 726 g/mol. The van der Waals surface area contributed by atoms with E-state index in [9.17, 15) is 32.5 Å². The van der Waals surface area contributed by atoms with Gasteiger partial charge in [0.2, 0.25) is 5.92 Å². The molecular formula is C34H41F4N7O7S. The van der Waals surface area contributed by atoms with Crippen molar-refractivity contribution < 1.29 is 50.9 Å². The molecule has 1 saturated heterocycles. The number of hydroxylamine groups is 2. The van der Waals surface area contributed by atoms with Gasteiger partial charge in [-0.15, -0.1) is 4.72 Å². The van der Waals surface area contributed by atoms with Gasteiger partial charge < -0.3 is 24.3 Å². The van der Waals surface area contributed by atoms with Crippen molar-refractivity contribution in [2.45, 2.75) is 76.6 Å². The van der Waals surface area contributed by atoms with Gasteiger partial charge in [0.15, 0.2) is 5.65 Å². The van der Waals surface area contributed by atoms with Crippen molar-refractivity contribution >= 4 is 40.8 Å². The largest absolute Gasteiger partial charge is 0.598 e. The van der Waals surface area contributed by atoms with Crippen LogP contribution in [0.3, 0.4) is 0 Å². The standard InChI is InChI=1S/C34H41F4N7O7S/c1-31(2,3)53(50)42-26(22(13-32(4,5)33(6,35)36)29(48)52-45-27(46)20-10-8-9-11-21(20)28(45)47)23-15-44-25(41-23)12-19(14-40-44)24(16-51-7)43-18-34(37,38)17-39-30(43)49/h8-12,14-15,22,24,26,42H,13,16-18H2,1-7H3,(H,39,49). The molecule has 2 aromatic heterocycles. The molecule has 2 aliphatic heterocycles. The fourth-order valence-electron chi connectivity index (χ4n) is 5.82. The van der Waals surface area contributed by atoms with Crippen LogP contribution in [0.4, 0.5) is 22.4 Å². The van der Waals surface area contributed by atoms with Crippen LogP contribution >= 0.6 is 0 Å². The van der Waals surface area contributed by atoms with Crippen LogP contribution in [0.5, 0.6) is 0 Å². The number of urea groups is 1. The molecule has 0 aliphatic carbocycles. The van der Waals surface area contributed by atoms with E-state index in [0.717, 1.165) is 4.90 Å². The third kappa shape index (κ3) is 8.27. The van der Waals surface area contributed by atoms with Gasteiger partial charge in [0, 0.05) is 29.5 Å². The molecule has 0 bridgehead atoms. The Balaban J connectivity index is 1.58. The SMILES string of the molecule is COCC(c1cnn2cc(C(N[S+]([O-])C(C)(C)C)C(CC(C)(C)C(C)(F)F)C(=O)ON3C(=O)c4ccccc4C3=O)nc2c1)N1CC(F)(F)CNC1=O. The van der Waals surface area contributed by atoms with E-state index in [1.807, 2.05) is 0 Å². The Morgan fingerprint density at radius 1 is 1.09 bits per heavy atom. The van der Waals surface area contributed by atoms with Crippen molar-refractivity contribution in [1.29, 1.82) is 0 Å². The van der Waals surface area contributed by atoms with Crippen LogP contribution in [0.15, 0.2) is 42.7 Å². The van der Waals surface area contributed by atoms with Gasteiger partial charge in [-0.05, 0) is 52.3 Å². The average Bonchev–Trinajstić information content (AvgIpc) is 3.59. The van der Waals surface area contributed by atoms with Gasteiger partial charge in [0.1, 0.15) is 10.8 Å². The number of hydrogen-bond acceptors (Lipinski definition) is 10. The summed E-state index contributed by atoms with van der Waals surface area (Å²) in [7, 11) is 1.33. The van der Waals surface area contributed by atoms with Gasteiger partial charge in [-0.1, -0.05) is 31.0 Å². The van der Waals surface area contributed by atoms with E-state index in [1.165, 1.54) is 68.2 Å². The number of aromatic nitrogens is 3. The van der Waals surface area contributed by atoms with Crippen molar-refractivity contribution in [2.75, 3.05) is 26.8 Å². The molecule has 5 rings (SSSR count). The fourth-order valence-corrected chi connectivity index (χ4v) is 6.69. The Morgan fingerprint density at radius 2 is 1.72 bits per heavy atom. The first-order valence-corrected chi connectivity index (χ1v) is 17.7. The van der Waals surface area contributed by atoms with Crippen LogP contribution in [0.2, 0.25) is 0 Å². The van der Waals surface area contributed by atoms with Gasteiger partial charge in [-0.2, -0.15) is 5.10 Å². The zero-order chi connectivity index (χ0) is 39.3. The number of nitrogens with one attached hydrogen (secondary N) is 2. The molecule has 3 aromatic rings. The Hall–Kier alpha value is -4.33. The number of imidazole rings is 1. The van der Waals surface area contributed by atoms with Gasteiger partial charge >= 0.3 is 12.0 Å². The monoisotopic (exact) mass is 767 g/mol. The lowest BCUT2D eigenvalue weighted by Gasteiger charge is -2.38. The summed E-state index contributed by atoms with van der Waals surface area (Å²) in [6, 6.07) is 4.02. The number of halogens is 4. The van der Waals surface area contributed by atoms with Crippen LogP contribution in [-0.4, -0.2) is 96.3 Å². The molecule has 4 amide bonds. The third-order valence-electron chi connectivity index (χ3n) is 9.28. The minimum atomic E-state index is -3.36. The molecule has 4 heterocycles. The van der Waals surface area contributed by atoms with Crippen LogP contribution in [0.25, 0.3) is 5.65 Å². The summed E-state index contributed by atoms with van der Waals surface area (Å²) in [5.74, 6) is -11.4.